The normalized spacial score (nSPS) is 15.6. The highest BCUT2D eigenvalue weighted by atomic mass is 32.1. The number of thiophene rings is 1. The monoisotopic (exact) mass is 352 g/mol. The second-order valence-corrected chi connectivity index (χ2v) is 7.70. The van der Waals surface area contributed by atoms with Crippen LogP contribution in [0.25, 0.3) is 11.1 Å². The number of aryl methyl sites for hydroxylation is 1. The molecule has 0 unspecified atom stereocenters. The van der Waals surface area contributed by atoms with Gasteiger partial charge in [-0.3, -0.25) is 0 Å². The molecule has 0 radical (unpaired) electrons. The SMILES string of the molecule is C[C@H](NCc1cc(-c2ccccc2)cs1)c1nnc2n1CCCCC2. The molecule has 0 bridgehead atoms. The molecular weight excluding hydrogens is 328 g/mol. The van der Waals surface area contributed by atoms with Crippen LogP contribution < -0.4 is 5.32 Å². The Morgan fingerprint density at radius 1 is 1.12 bits per heavy atom. The van der Waals surface area contributed by atoms with E-state index in [2.05, 4.69) is 68.8 Å². The first-order valence-electron chi connectivity index (χ1n) is 9.09. The van der Waals surface area contributed by atoms with Crippen LogP contribution >= 0.6 is 11.3 Å². The van der Waals surface area contributed by atoms with Crippen LogP contribution in [0.15, 0.2) is 41.8 Å². The third-order valence-electron chi connectivity index (χ3n) is 4.87. The summed E-state index contributed by atoms with van der Waals surface area (Å²) in [6.45, 7) is 4.11. The Hall–Kier alpha value is -1.98. The van der Waals surface area contributed by atoms with Crippen LogP contribution in [-0.4, -0.2) is 14.8 Å². The zero-order chi connectivity index (χ0) is 17.1. The van der Waals surface area contributed by atoms with Gasteiger partial charge in [0, 0.05) is 24.4 Å². The zero-order valence-electron chi connectivity index (χ0n) is 14.6. The fourth-order valence-corrected chi connectivity index (χ4v) is 4.27. The van der Waals surface area contributed by atoms with Gasteiger partial charge in [-0.2, -0.15) is 0 Å². The molecule has 1 aromatic carbocycles. The molecule has 1 aliphatic heterocycles. The van der Waals surface area contributed by atoms with Crippen molar-refractivity contribution in [3.05, 3.63) is 58.3 Å². The minimum absolute atomic E-state index is 0.210. The molecule has 1 N–H and O–H groups in total. The van der Waals surface area contributed by atoms with Crippen molar-refractivity contribution in [1.82, 2.24) is 20.1 Å². The number of aromatic nitrogens is 3. The van der Waals surface area contributed by atoms with E-state index in [4.69, 9.17) is 0 Å². The first kappa shape index (κ1) is 16.5. The van der Waals surface area contributed by atoms with E-state index < -0.39 is 0 Å². The highest BCUT2D eigenvalue weighted by Crippen LogP contribution is 2.26. The number of hydrogen-bond donors (Lipinski definition) is 1. The third kappa shape index (κ3) is 3.67. The molecule has 0 saturated carbocycles. The Bertz CT molecular complexity index is 821. The van der Waals surface area contributed by atoms with Crippen LogP contribution in [0.1, 0.15) is 48.8 Å². The molecule has 0 fully saturated rings. The fourth-order valence-electron chi connectivity index (χ4n) is 3.43. The lowest BCUT2D eigenvalue weighted by Crippen LogP contribution is -2.22. The van der Waals surface area contributed by atoms with E-state index in [0.717, 1.165) is 31.2 Å². The summed E-state index contributed by atoms with van der Waals surface area (Å²) in [7, 11) is 0. The third-order valence-corrected chi connectivity index (χ3v) is 5.81. The summed E-state index contributed by atoms with van der Waals surface area (Å²) in [5.41, 5.74) is 2.58. The molecular formula is C20H24N4S. The molecule has 2 aromatic heterocycles. The Morgan fingerprint density at radius 3 is 2.88 bits per heavy atom. The predicted octanol–water partition coefficient (Wildman–Crippen LogP) is 4.58. The van der Waals surface area contributed by atoms with Gasteiger partial charge in [-0.1, -0.05) is 36.8 Å². The Labute approximate surface area is 152 Å². The van der Waals surface area contributed by atoms with E-state index in [0.29, 0.717) is 0 Å². The minimum Gasteiger partial charge on any atom is -0.314 e. The highest BCUT2D eigenvalue weighted by Gasteiger charge is 2.19. The van der Waals surface area contributed by atoms with E-state index in [1.165, 1.54) is 35.3 Å². The molecule has 3 aromatic rings. The molecule has 4 rings (SSSR count). The van der Waals surface area contributed by atoms with Crippen molar-refractivity contribution >= 4 is 11.3 Å². The van der Waals surface area contributed by atoms with Crippen molar-refractivity contribution in [1.29, 1.82) is 0 Å². The van der Waals surface area contributed by atoms with Gasteiger partial charge >= 0.3 is 0 Å². The minimum atomic E-state index is 0.210. The van der Waals surface area contributed by atoms with Crippen molar-refractivity contribution in [2.45, 2.75) is 51.7 Å². The van der Waals surface area contributed by atoms with Crippen molar-refractivity contribution in [2.24, 2.45) is 0 Å². The van der Waals surface area contributed by atoms with Gasteiger partial charge in [0.1, 0.15) is 11.6 Å². The molecule has 1 aliphatic rings. The number of nitrogens with zero attached hydrogens (tertiary/aromatic N) is 3. The zero-order valence-corrected chi connectivity index (χ0v) is 15.4. The number of fused-ring (bicyclic) bond motifs is 1. The Balaban J connectivity index is 1.42. The van der Waals surface area contributed by atoms with Gasteiger partial charge in [0.2, 0.25) is 0 Å². The lowest BCUT2D eigenvalue weighted by Gasteiger charge is -2.14. The summed E-state index contributed by atoms with van der Waals surface area (Å²) < 4.78 is 2.33. The number of rotatable bonds is 5. The van der Waals surface area contributed by atoms with Gasteiger partial charge in [0.05, 0.1) is 6.04 Å². The number of benzene rings is 1. The number of nitrogens with one attached hydrogen (secondary N) is 1. The van der Waals surface area contributed by atoms with Gasteiger partial charge in [-0.15, -0.1) is 21.5 Å². The highest BCUT2D eigenvalue weighted by molar-refractivity contribution is 7.10. The molecule has 1 atom stereocenters. The summed E-state index contributed by atoms with van der Waals surface area (Å²) in [4.78, 5) is 1.35. The molecule has 130 valence electrons. The van der Waals surface area contributed by atoms with E-state index in [1.807, 2.05) is 11.3 Å². The summed E-state index contributed by atoms with van der Waals surface area (Å²) in [5.74, 6) is 2.24. The summed E-state index contributed by atoms with van der Waals surface area (Å²) in [6.07, 6.45) is 4.82. The van der Waals surface area contributed by atoms with Gasteiger partial charge in [0.25, 0.3) is 0 Å². The van der Waals surface area contributed by atoms with Crippen molar-refractivity contribution in [3.8, 4) is 11.1 Å². The lowest BCUT2D eigenvalue weighted by molar-refractivity contribution is 0.504. The standard InChI is InChI=1S/C20H24N4S/c1-15(20-23-22-19-10-6-3-7-11-24(19)20)21-13-18-12-17(14-25-18)16-8-4-2-5-9-16/h2,4-5,8-9,12,14-15,21H,3,6-7,10-11,13H2,1H3/t15-/m0/s1. The molecule has 0 spiro atoms. The fraction of sp³-hybridized carbons (Fsp3) is 0.400. The molecule has 3 heterocycles. The Kier molecular flexibility index (Phi) is 4.95. The summed E-state index contributed by atoms with van der Waals surface area (Å²) in [5, 5.41) is 14.7. The van der Waals surface area contributed by atoms with Crippen molar-refractivity contribution in [2.75, 3.05) is 0 Å². The van der Waals surface area contributed by atoms with E-state index >= 15 is 0 Å². The lowest BCUT2D eigenvalue weighted by atomic mass is 10.1. The number of hydrogen-bond acceptors (Lipinski definition) is 4. The maximum absolute atomic E-state index is 4.46. The summed E-state index contributed by atoms with van der Waals surface area (Å²) >= 11 is 1.81. The smallest absolute Gasteiger partial charge is 0.149 e. The van der Waals surface area contributed by atoms with Crippen molar-refractivity contribution in [3.63, 3.8) is 0 Å². The second-order valence-electron chi connectivity index (χ2n) is 6.71. The predicted molar refractivity (Wildman–Crippen MR) is 103 cm³/mol. The van der Waals surface area contributed by atoms with Crippen molar-refractivity contribution < 1.29 is 0 Å². The topological polar surface area (TPSA) is 42.7 Å². The van der Waals surface area contributed by atoms with Crippen LogP contribution in [0, 0.1) is 0 Å². The van der Waals surface area contributed by atoms with E-state index in [9.17, 15) is 0 Å². The molecule has 0 aliphatic carbocycles. The molecule has 5 heteroatoms. The second kappa shape index (κ2) is 7.50. The van der Waals surface area contributed by atoms with Gasteiger partial charge in [-0.05, 0) is 42.3 Å². The maximum atomic E-state index is 4.46. The maximum Gasteiger partial charge on any atom is 0.149 e. The summed E-state index contributed by atoms with van der Waals surface area (Å²) in [6, 6.07) is 13.0. The first-order chi connectivity index (χ1) is 12.3. The molecule has 0 amide bonds. The first-order valence-corrected chi connectivity index (χ1v) is 9.97. The van der Waals surface area contributed by atoms with Crippen LogP contribution in [0.4, 0.5) is 0 Å². The average Bonchev–Trinajstić information content (AvgIpc) is 3.22. The van der Waals surface area contributed by atoms with Crippen LogP contribution in [-0.2, 0) is 19.5 Å². The quantitative estimate of drug-likeness (QED) is 0.731. The van der Waals surface area contributed by atoms with Crippen LogP contribution in [0.3, 0.4) is 0 Å². The van der Waals surface area contributed by atoms with E-state index in [1.54, 1.807) is 0 Å². The van der Waals surface area contributed by atoms with Gasteiger partial charge in [0.15, 0.2) is 0 Å². The van der Waals surface area contributed by atoms with Gasteiger partial charge in [-0.25, -0.2) is 0 Å². The van der Waals surface area contributed by atoms with Crippen LogP contribution in [0.2, 0.25) is 0 Å². The molecule has 0 saturated heterocycles. The van der Waals surface area contributed by atoms with Gasteiger partial charge < -0.3 is 9.88 Å². The largest absolute Gasteiger partial charge is 0.314 e. The Morgan fingerprint density at radius 2 is 2.00 bits per heavy atom. The van der Waals surface area contributed by atoms with E-state index in [-0.39, 0.29) is 6.04 Å². The molecule has 4 nitrogen and oxygen atoms in total. The molecule has 25 heavy (non-hydrogen) atoms. The van der Waals surface area contributed by atoms with Crippen LogP contribution in [0.5, 0.6) is 0 Å². The average molecular weight is 353 g/mol.